The van der Waals surface area contributed by atoms with Crippen LogP contribution in [0.25, 0.3) is 0 Å². The standard InChI is InChI=1S/C16H27N3O2/c1-6-13-9-12(10-14(17-4)19-13)15(20)18-11-16(2,3)7-8-21-5/h9-10H,6-8,11H2,1-5H3,(H,17,19)(H,18,20). The van der Waals surface area contributed by atoms with Crippen LogP contribution in [0.3, 0.4) is 0 Å². The average Bonchev–Trinajstić information content (AvgIpc) is 2.50. The van der Waals surface area contributed by atoms with Crippen molar-refractivity contribution in [3.63, 3.8) is 0 Å². The van der Waals surface area contributed by atoms with E-state index in [1.165, 1.54) is 0 Å². The Morgan fingerprint density at radius 1 is 1.38 bits per heavy atom. The van der Waals surface area contributed by atoms with Crippen LogP contribution < -0.4 is 10.6 Å². The van der Waals surface area contributed by atoms with Gasteiger partial charge in [-0.1, -0.05) is 20.8 Å². The first-order chi connectivity index (χ1) is 9.91. The second-order valence-corrected chi connectivity index (χ2v) is 5.93. The third-order valence-corrected chi connectivity index (χ3v) is 3.47. The molecule has 0 radical (unpaired) electrons. The quantitative estimate of drug-likeness (QED) is 0.773. The lowest BCUT2D eigenvalue weighted by molar-refractivity contribution is 0.0921. The molecule has 0 atom stereocenters. The summed E-state index contributed by atoms with van der Waals surface area (Å²) >= 11 is 0. The van der Waals surface area contributed by atoms with Crippen LogP contribution in [-0.4, -0.2) is 38.2 Å². The lowest BCUT2D eigenvalue weighted by atomic mass is 9.89. The van der Waals surface area contributed by atoms with Gasteiger partial charge >= 0.3 is 0 Å². The molecule has 5 nitrogen and oxygen atoms in total. The van der Waals surface area contributed by atoms with E-state index >= 15 is 0 Å². The van der Waals surface area contributed by atoms with Crippen molar-refractivity contribution in [2.75, 3.05) is 32.6 Å². The molecule has 118 valence electrons. The Bertz CT molecular complexity index is 450. The van der Waals surface area contributed by atoms with Crippen molar-refractivity contribution < 1.29 is 9.53 Å². The van der Waals surface area contributed by atoms with E-state index in [1.807, 2.05) is 13.0 Å². The minimum atomic E-state index is -0.0610. The molecular weight excluding hydrogens is 266 g/mol. The zero-order chi connectivity index (χ0) is 15.9. The number of methoxy groups -OCH3 is 1. The maximum absolute atomic E-state index is 12.3. The van der Waals surface area contributed by atoms with Gasteiger partial charge in [-0.05, 0) is 30.4 Å². The minimum Gasteiger partial charge on any atom is -0.385 e. The van der Waals surface area contributed by atoms with Crippen LogP contribution in [0.2, 0.25) is 0 Å². The van der Waals surface area contributed by atoms with E-state index in [0.717, 1.165) is 24.4 Å². The minimum absolute atomic E-state index is 0.0120. The van der Waals surface area contributed by atoms with Crippen molar-refractivity contribution in [1.82, 2.24) is 10.3 Å². The molecule has 0 spiro atoms. The monoisotopic (exact) mass is 293 g/mol. The number of hydrogen-bond donors (Lipinski definition) is 2. The molecule has 0 aliphatic rings. The van der Waals surface area contributed by atoms with E-state index in [-0.39, 0.29) is 11.3 Å². The molecule has 0 saturated heterocycles. The van der Waals surface area contributed by atoms with Crippen LogP contribution in [0.15, 0.2) is 12.1 Å². The first kappa shape index (κ1) is 17.4. The molecule has 1 rings (SSSR count). The molecule has 1 aromatic rings. The van der Waals surface area contributed by atoms with Gasteiger partial charge in [0.25, 0.3) is 5.91 Å². The number of ether oxygens (including phenoxy) is 1. The molecule has 0 aliphatic heterocycles. The van der Waals surface area contributed by atoms with Gasteiger partial charge in [-0.15, -0.1) is 0 Å². The Morgan fingerprint density at radius 2 is 2.10 bits per heavy atom. The average molecular weight is 293 g/mol. The highest BCUT2D eigenvalue weighted by Crippen LogP contribution is 2.19. The molecule has 1 amide bonds. The number of nitrogens with zero attached hydrogens (tertiary/aromatic N) is 1. The Morgan fingerprint density at radius 3 is 2.67 bits per heavy atom. The highest BCUT2D eigenvalue weighted by atomic mass is 16.5. The van der Waals surface area contributed by atoms with Crippen LogP contribution in [0.1, 0.15) is 43.2 Å². The van der Waals surface area contributed by atoms with Crippen molar-refractivity contribution in [3.05, 3.63) is 23.4 Å². The summed E-state index contributed by atoms with van der Waals surface area (Å²) in [5.41, 5.74) is 1.57. The molecule has 5 heteroatoms. The van der Waals surface area contributed by atoms with Gasteiger partial charge in [0.05, 0.1) is 0 Å². The molecule has 1 heterocycles. The van der Waals surface area contributed by atoms with E-state index in [1.54, 1.807) is 20.2 Å². The number of aryl methyl sites for hydroxylation is 1. The Labute approximate surface area is 127 Å². The van der Waals surface area contributed by atoms with Gasteiger partial charge in [0.2, 0.25) is 0 Å². The van der Waals surface area contributed by atoms with Crippen LogP contribution in [0.4, 0.5) is 5.82 Å². The van der Waals surface area contributed by atoms with E-state index in [4.69, 9.17) is 4.74 Å². The third-order valence-electron chi connectivity index (χ3n) is 3.47. The molecule has 1 aromatic heterocycles. The highest BCUT2D eigenvalue weighted by molar-refractivity contribution is 5.95. The SMILES string of the molecule is CCc1cc(C(=O)NCC(C)(C)CCOC)cc(NC)n1. The van der Waals surface area contributed by atoms with E-state index < -0.39 is 0 Å². The van der Waals surface area contributed by atoms with Crippen molar-refractivity contribution in [2.45, 2.75) is 33.6 Å². The van der Waals surface area contributed by atoms with Gasteiger partial charge in [0.15, 0.2) is 0 Å². The number of anilines is 1. The fourth-order valence-corrected chi connectivity index (χ4v) is 1.92. The topological polar surface area (TPSA) is 63.2 Å². The van der Waals surface area contributed by atoms with Crippen molar-refractivity contribution in [3.8, 4) is 0 Å². The number of rotatable bonds is 8. The van der Waals surface area contributed by atoms with Gasteiger partial charge < -0.3 is 15.4 Å². The molecule has 0 bridgehead atoms. The molecule has 0 aromatic carbocycles. The Kier molecular flexibility index (Phi) is 6.62. The smallest absolute Gasteiger partial charge is 0.251 e. The van der Waals surface area contributed by atoms with Crippen molar-refractivity contribution in [1.29, 1.82) is 0 Å². The molecule has 0 fully saturated rings. The summed E-state index contributed by atoms with van der Waals surface area (Å²) in [6, 6.07) is 3.62. The van der Waals surface area contributed by atoms with Gasteiger partial charge in [-0.25, -0.2) is 4.98 Å². The molecular formula is C16H27N3O2. The van der Waals surface area contributed by atoms with E-state index in [9.17, 15) is 4.79 Å². The van der Waals surface area contributed by atoms with Crippen LogP contribution in [-0.2, 0) is 11.2 Å². The lowest BCUT2D eigenvalue weighted by Crippen LogP contribution is -2.34. The van der Waals surface area contributed by atoms with Gasteiger partial charge in [0.1, 0.15) is 5.82 Å². The van der Waals surface area contributed by atoms with Crippen LogP contribution in [0.5, 0.6) is 0 Å². The summed E-state index contributed by atoms with van der Waals surface area (Å²) in [7, 11) is 3.49. The fourth-order valence-electron chi connectivity index (χ4n) is 1.92. The largest absolute Gasteiger partial charge is 0.385 e. The van der Waals surface area contributed by atoms with Gasteiger partial charge in [0, 0.05) is 38.6 Å². The fraction of sp³-hybridized carbons (Fsp3) is 0.625. The van der Waals surface area contributed by atoms with Gasteiger partial charge in [-0.2, -0.15) is 0 Å². The number of carbonyl (C=O) groups excluding carboxylic acids is 1. The van der Waals surface area contributed by atoms with E-state index in [2.05, 4.69) is 29.5 Å². The Hall–Kier alpha value is -1.62. The maximum Gasteiger partial charge on any atom is 0.251 e. The molecule has 0 saturated carbocycles. The summed E-state index contributed by atoms with van der Waals surface area (Å²) in [4.78, 5) is 16.7. The molecule has 0 unspecified atom stereocenters. The summed E-state index contributed by atoms with van der Waals surface area (Å²) in [5, 5.41) is 5.99. The summed E-state index contributed by atoms with van der Waals surface area (Å²) in [6.07, 6.45) is 1.71. The molecule has 2 N–H and O–H groups in total. The number of pyridine rings is 1. The maximum atomic E-state index is 12.3. The number of aromatic nitrogens is 1. The predicted molar refractivity (Wildman–Crippen MR) is 85.8 cm³/mol. The lowest BCUT2D eigenvalue weighted by Gasteiger charge is -2.24. The van der Waals surface area contributed by atoms with Crippen LogP contribution in [0, 0.1) is 5.41 Å². The first-order valence-electron chi connectivity index (χ1n) is 7.37. The number of amides is 1. The van der Waals surface area contributed by atoms with Gasteiger partial charge in [-0.3, -0.25) is 4.79 Å². The number of carbonyl (C=O) groups is 1. The zero-order valence-corrected chi connectivity index (χ0v) is 13.7. The summed E-state index contributed by atoms with van der Waals surface area (Å²) < 4.78 is 5.10. The van der Waals surface area contributed by atoms with Crippen molar-refractivity contribution in [2.24, 2.45) is 5.41 Å². The molecule has 21 heavy (non-hydrogen) atoms. The first-order valence-corrected chi connectivity index (χ1v) is 7.37. The third kappa shape index (κ3) is 5.71. The highest BCUT2D eigenvalue weighted by Gasteiger charge is 2.19. The number of hydrogen-bond acceptors (Lipinski definition) is 4. The van der Waals surface area contributed by atoms with E-state index in [0.29, 0.717) is 18.7 Å². The second kappa shape index (κ2) is 7.98. The zero-order valence-electron chi connectivity index (χ0n) is 13.7. The normalized spacial score (nSPS) is 11.3. The van der Waals surface area contributed by atoms with Crippen LogP contribution >= 0.6 is 0 Å². The second-order valence-electron chi connectivity index (χ2n) is 5.93. The summed E-state index contributed by atoms with van der Waals surface area (Å²) in [6.45, 7) is 7.58. The predicted octanol–water partition coefficient (Wildman–Crippen LogP) is 2.48. The summed E-state index contributed by atoms with van der Waals surface area (Å²) in [5.74, 6) is 0.659. The Balaban J connectivity index is 2.71. The number of nitrogens with one attached hydrogen (secondary N) is 2. The molecule has 0 aliphatic carbocycles. The van der Waals surface area contributed by atoms with Crippen molar-refractivity contribution >= 4 is 11.7 Å².